The molecule has 5 heteroatoms. The number of rotatable bonds is 5. The van der Waals surface area contributed by atoms with Crippen LogP contribution in [0.4, 0.5) is 5.82 Å². The molecule has 0 aliphatic carbocycles. The summed E-state index contributed by atoms with van der Waals surface area (Å²) in [5.74, 6) is 2.66. The third kappa shape index (κ3) is 3.85. The standard InChI is InChI=1S/C17H25N3O2/c1-12-13(7-8-22-12)10-20(5)15-9-14(11-21-6)18-16(19-15)17(2,3)4/h7-9H,10-11H2,1-6H3. The van der Waals surface area contributed by atoms with Crippen LogP contribution >= 0.6 is 0 Å². The Morgan fingerprint density at radius 2 is 2.00 bits per heavy atom. The molecule has 5 nitrogen and oxygen atoms in total. The van der Waals surface area contributed by atoms with Crippen LogP contribution in [0.25, 0.3) is 0 Å². The highest BCUT2D eigenvalue weighted by Gasteiger charge is 2.20. The maximum absolute atomic E-state index is 5.36. The maximum Gasteiger partial charge on any atom is 0.136 e. The highest BCUT2D eigenvalue weighted by molar-refractivity contribution is 5.41. The maximum atomic E-state index is 5.36. The number of hydrogen-bond donors (Lipinski definition) is 0. The van der Waals surface area contributed by atoms with Gasteiger partial charge in [0.15, 0.2) is 0 Å². The smallest absolute Gasteiger partial charge is 0.136 e. The lowest BCUT2D eigenvalue weighted by molar-refractivity contribution is 0.181. The normalized spacial score (nSPS) is 11.7. The number of aromatic nitrogens is 2. The molecule has 120 valence electrons. The predicted molar refractivity (Wildman–Crippen MR) is 87.0 cm³/mol. The van der Waals surface area contributed by atoms with Crippen molar-refractivity contribution >= 4 is 5.82 Å². The summed E-state index contributed by atoms with van der Waals surface area (Å²) in [5, 5.41) is 0. The molecule has 0 atom stereocenters. The van der Waals surface area contributed by atoms with Gasteiger partial charge in [-0.15, -0.1) is 0 Å². The zero-order valence-electron chi connectivity index (χ0n) is 14.3. The molecule has 0 radical (unpaired) electrons. The largest absolute Gasteiger partial charge is 0.469 e. The van der Waals surface area contributed by atoms with Crippen LogP contribution in [-0.4, -0.2) is 24.1 Å². The van der Waals surface area contributed by atoms with Crippen molar-refractivity contribution in [2.45, 2.75) is 46.3 Å². The van der Waals surface area contributed by atoms with Gasteiger partial charge < -0.3 is 14.1 Å². The van der Waals surface area contributed by atoms with Gasteiger partial charge in [0, 0.05) is 37.7 Å². The van der Waals surface area contributed by atoms with Crippen LogP contribution in [0.3, 0.4) is 0 Å². The molecule has 0 N–H and O–H groups in total. The number of hydrogen-bond acceptors (Lipinski definition) is 5. The molecule has 0 amide bonds. The average molecular weight is 303 g/mol. The van der Waals surface area contributed by atoms with Crippen LogP contribution in [0.1, 0.15) is 43.6 Å². The summed E-state index contributed by atoms with van der Waals surface area (Å²) in [6.45, 7) is 9.54. The van der Waals surface area contributed by atoms with Gasteiger partial charge in [0.25, 0.3) is 0 Å². The van der Waals surface area contributed by atoms with Crippen molar-refractivity contribution in [2.24, 2.45) is 0 Å². The second-order valence-corrected chi connectivity index (χ2v) is 6.58. The fourth-order valence-electron chi connectivity index (χ4n) is 2.15. The summed E-state index contributed by atoms with van der Waals surface area (Å²) in [7, 11) is 3.70. The number of furan rings is 1. The van der Waals surface area contributed by atoms with Gasteiger partial charge in [-0.1, -0.05) is 20.8 Å². The molecule has 0 aliphatic rings. The molecular weight excluding hydrogens is 278 g/mol. The van der Waals surface area contributed by atoms with E-state index in [1.165, 1.54) is 0 Å². The summed E-state index contributed by atoms with van der Waals surface area (Å²) < 4.78 is 10.6. The Balaban J connectivity index is 2.32. The van der Waals surface area contributed by atoms with Gasteiger partial charge >= 0.3 is 0 Å². The molecule has 0 fully saturated rings. The molecule has 0 saturated heterocycles. The van der Waals surface area contributed by atoms with Gasteiger partial charge in [-0.3, -0.25) is 0 Å². The van der Waals surface area contributed by atoms with Crippen molar-refractivity contribution < 1.29 is 9.15 Å². The van der Waals surface area contributed by atoms with E-state index in [-0.39, 0.29) is 5.41 Å². The Bertz CT molecular complexity index is 629. The van der Waals surface area contributed by atoms with Crippen LogP contribution < -0.4 is 4.90 Å². The number of methoxy groups -OCH3 is 1. The minimum absolute atomic E-state index is 0.106. The third-order valence-electron chi connectivity index (χ3n) is 3.49. The molecule has 0 unspecified atom stereocenters. The van der Waals surface area contributed by atoms with E-state index in [9.17, 15) is 0 Å². The summed E-state index contributed by atoms with van der Waals surface area (Å²) in [6, 6.07) is 3.97. The van der Waals surface area contributed by atoms with Crippen LogP contribution in [0, 0.1) is 6.92 Å². The van der Waals surface area contributed by atoms with Crippen LogP contribution in [0.15, 0.2) is 22.8 Å². The SMILES string of the molecule is COCc1cc(N(C)Cc2ccoc2C)nc(C(C)(C)C)n1. The van der Waals surface area contributed by atoms with E-state index in [0.29, 0.717) is 6.61 Å². The lowest BCUT2D eigenvalue weighted by Crippen LogP contribution is -2.23. The van der Waals surface area contributed by atoms with E-state index >= 15 is 0 Å². The number of ether oxygens (including phenoxy) is 1. The topological polar surface area (TPSA) is 51.4 Å². The minimum atomic E-state index is -0.106. The Morgan fingerprint density at radius 1 is 1.27 bits per heavy atom. The van der Waals surface area contributed by atoms with Crippen molar-refractivity contribution in [1.82, 2.24) is 9.97 Å². The summed E-state index contributed by atoms with van der Waals surface area (Å²) in [6.07, 6.45) is 1.72. The fraction of sp³-hybridized carbons (Fsp3) is 0.529. The van der Waals surface area contributed by atoms with Gasteiger partial charge in [0.2, 0.25) is 0 Å². The second-order valence-electron chi connectivity index (χ2n) is 6.58. The average Bonchev–Trinajstić information content (AvgIpc) is 2.83. The lowest BCUT2D eigenvalue weighted by atomic mass is 9.95. The molecule has 2 heterocycles. The molecule has 0 bridgehead atoms. The van der Waals surface area contributed by atoms with E-state index in [4.69, 9.17) is 14.1 Å². The first-order valence-electron chi connectivity index (χ1n) is 7.42. The molecule has 0 aromatic carbocycles. The molecule has 2 rings (SSSR count). The molecule has 0 spiro atoms. The second kappa shape index (κ2) is 6.48. The quantitative estimate of drug-likeness (QED) is 0.846. The predicted octanol–water partition coefficient (Wildman–Crippen LogP) is 3.46. The molecule has 2 aromatic rings. The van der Waals surface area contributed by atoms with E-state index in [1.54, 1.807) is 13.4 Å². The summed E-state index contributed by atoms with van der Waals surface area (Å²) in [4.78, 5) is 11.4. The first-order chi connectivity index (χ1) is 10.3. The van der Waals surface area contributed by atoms with Crippen LogP contribution in [0.5, 0.6) is 0 Å². The highest BCUT2D eigenvalue weighted by atomic mass is 16.5. The zero-order chi connectivity index (χ0) is 16.3. The van der Waals surface area contributed by atoms with Gasteiger partial charge in [0.1, 0.15) is 17.4 Å². The van der Waals surface area contributed by atoms with E-state index in [0.717, 1.165) is 35.2 Å². The molecule has 22 heavy (non-hydrogen) atoms. The van der Waals surface area contributed by atoms with Crippen molar-refractivity contribution in [3.8, 4) is 0 Å². The fourth-order valence-corrected chi connectivity index (χ4v) is 2.15. The Labute approximate surface area is 132 Å². The van der Waals surface area contributed by atoms with Crippen molar-refractivity contribution in [3.63, 3.8) is 0 Å². The Kier molecular flexibility index (Phi) is 4.86. The van der Waals surface area contributed by atoms with E-state index in [2.05, 4.69) is 30.7 Å². The van der Waals surface area contributed by atoms with Crippen LogP contribution in [0.2, 0.25) is 0 Å². The monoisotopic (exact) mass is 303 g/mol. The molecular formula is C17H25N3O2. The number of nitrogens with zero attached hydrogens (tertiary/aromatic N) is 3. The first kappa shape index (κ1) is 16.5. The minimum Gasteiger partial charge on any atom is -0.469 e. The van der Waals surface area contributed by atoms with Crippen molar-refractivity contribution in [1.29, 1.82) is 0 Å². The summed E-state index contributed by atoms with van der Waals surface area (Å²) >= 11 is 0. The van der Waals surface area contributed by atoms with Gasteiger partial charge in [0.05, 0.1) is 18.6 Å². The Morgan fingerprint density at radius 3 is 2.55 bits per heavy atom. The van der Waals surface area contributed by atoms with Crippen molar-refractivity contribution in [3.05, 3.63) is 41.2 Å². The molecule has 2 aromatic heterocycles. The Hall–Kier alpha value is -1.88. The third-order valence-corrected chi connectivity index (χ3v) is 3.49. The zero-order valence-corrected chi connectivity index (χ0v) is 14.3. The number of aryl methyl sites for hydroxylation is 1. The van der Waals surface area contributed by atoms with Crippen molar-refractivity contribution in [2.75, 3.05) is 19.1 Å². The first-order valence-corrected chi connectivity index (χ1v) is 7.42. The number of anilines is 1. The lowest BCUT2D eigenvalue weighted by Gasteiger charge is -2.23. The van der Waals surface area contributed by atoms with Crippen LogP contribution in [-0.2, 0) is 23.3 Å². The van der Waals surface area contributed by atoms with Gasteiger partial charge in [-0.25, -0.2) is 9.97 Å². The van der Waals surface area contributed by atoms with E-state index in [1.807, 2.05) is 26.1 Å². The van der Waals surface area contributed by atoms with E-state index < -0.39 is 0 Å². The van der Waals surface area contributed by atoms with Gasteiger partial charge in [-0.2, -0.15) is 0 Å². The highest BCUT2D eigenvalue weighted by Crippen LogP contribution is 2.23. The van der Waals surface area contributed by atoms with Gasteiger partial charge in [-0.05, 0) is 13.0 Å². The molecule has 0 aliphatic heterocycles. The molecule has 0 saturated carbocycles. The summed E-state index contributed by atoms with van der Waals surface area (Å²) in [5.41, 5.74) is 1.95.